The molecule has 204 valence electrons. The van der Waals surface area contributed by atoms with Gasteiger partial charge in [0.25, 0.3) is 0 Å². The highest BCUT2D eigenvalue weighted by Gasteiger charge is 2.35. The van der Waals surface area contributed by atoms with E-state index in [1.165, 1.54) is 40.2 Å². The van der Waals surface area contributed by atoms with Crippen LogP contribution in [0, 0.1) is 5.92 Å². The molecule has 2 N–H and O–H groups in total. The van der Waals surface area contributed by atoms with Gasteiger partial charge in [-0.1, -0.05) is 23.2 Å². The van der Waals surface area contributed by atoms with E-state index in [0.717, 1.165) is 0 Å². The number of pyridine rings is 1. The van der Waals surface area contributed by atoms with Crippen molar-refractivity contribution in [3.05, 3.63) is 52.8 Å². The topological polar surface area (TPSA) is 150 Å². The van der Waals surface area contributed by atoms with Crippen LogP contribution in [0.15, 0.2) is 36.9 Å². The number of nitrogens with zero attached hydrogens (tertiary/aromatic N) is 7. The normalized spacial score (nSPS) is 17.7. The minimum Gasteiger partial charge on any atom is -0.460 e. The number of aromatic nitrogens is 7. The average Bonchev–Trinajstić information content (AvgIpc) is 3.52. The highest BCUT2D eigenvalue weighted by molar-refractivity contribution is 6.32. The summed E-state index contributed by atoms with van der Waals surface area (Å²) in [6.45, 7) is 5.79. The smallest absolute Gasteiger partial charge is 0.323 e. The van der Waals surface area contributed by atoms with Gasteiger partial charge in [0.15, 0.2) is 16.6 Å². The number of nitrogens with one attached hydrogen (secondary N) is 2. The molecule has 39 heavy (non-hydrogen) atoms. The van der Waals surface area contributed by atoms with Gasteiger partial charge in [0.05, 0.1) is 52.8 Å². The molecule has 2 unspecified atom stereocenters. The zero-order valence-corrected chi connectivity index (χ0v) is 22.8. The van der Waals surface area contributed by atoms with Gasteiger partial charge in [0.2, 0.25) is 0 Å². The summed E-state index contributed by atoms with van der Waals surface area (Å²) < 4.78 is 13.1. The second-order valence-corrected chi connectivity index (χ2v) is 10.6. The molecule has 0 bridgehead atoms. The van der Waals surface area contributed by atoms with Crippen LogP contribution in [0.1, 0.15) is 45.4 Å². The highest BCUT2D eigenvalue weighted by atomic mass is 35.5. The first-order chi connectivity index (χ1) is 18.6. The number of esters is 1. The first kappa shape index (κ1) is 26.8. The van der Waals surface area contributed by atoms with E-state index in [0.29, 0.717) is 48.0 Å². The number of ether oxygens (including phenoxy) is 2. The zero-order chi connectivity index (χ0) is 27.7. The van der Waals surface area contributed by atoms with Crippen LogP contribution in [0.4, 0.5) is 16.2 Å². The van der Waals surface area contributed by atoms with Crippen molar-refractivity contribution in [2.24, 2.45) is 5.92 Å². The monoisotopic (exact) mass is 573 g/mol. The Kier molecular flexibility index (Phi) is 7.38. The zero-order valence-electron chi connectivity index (χ0n) is 21.3. The van der Waals surface area contributed by atoms with Crippen LogP contribution in [0.3, 0.4) is 0 Å². The number of fused-ring (bicyclic) bond motifs is 1. The Balaban J connectivity index is 1.38. The summed E-state index contributed by atoms with van der Waals surface area (Å²) in [4.78, 5) is 35.6. The van der Waals surface area contributed by atoms with Crippen LogP contribution in [0.2, 0.25) is 10.2 Å². The minimum atomic E-state index is -0.611. The van der Waals surface area contributed by atoms with Crippen molar-refractivity contribution >= 4 is 52.2 Å². The van der Waals surface area contributed by atoms with Gasteiger partial charge in [-0.05, 0) is 39.7 Å². The van der Waals surface area contributed by atoms with Gasteiger partial charge in [-0.15, -0.1) is 4.80 Å². The van der Waals surface area contributed by atoms with Crippen molar-refractivity contribution in [3.63, 3.8) is 0 Å². The lowest BCUT2D eigenvalue weighted by molar-refractivity contribution is -0.165. The van der Waals surface area contributed by atoms with Gasteiger partial charge in [0, 0.05) is 12.7 Å². The number of hydrogen-bond donors (Lipinski definition) is 2. The molecule has 0 saturated carbocycles. The summed E-state index contributed by atoms with van der Waals surface area (Å²) in [7, 11) is 0. The number of rotatable bonds is 5. The van der Waals surface area contributed by atoms with Gasteiger partial charge in [-0.3, -0.25) is 4.79 Å². The minimum absolute atomic E-state index is 0.220. The van der Waals surface area contributed by atoms with Gasteiger partial charge < -0.3 is 20.1 Å². The molecule has 1 saturated heterocycles. The number of carbonyl (C=O) groups is 2. The lowest BCUT2D eigenvalue weighted by Crippen LogP contribution is -2.33. The van der Waals surface area contributed by atoms with Crippen LogP contribution in [-0.2, 0) is 14.3 Å². The van der Waals surface area contributed by atoms with E-state index in [4.69, 9.17) is 32.7 Å². The maximum Gasteiger partial charge on any atom is 0.323 e. The third-order valence-corrected chi connectivity index (χ3v) is 6.22. The molecule has 1 fully saturated rings. The molecule has 1 aliphatic heterocycles. The van der Waals surface area contributed by atoms with E-state index in [-0.39, 0.29) is 16.1 Å². The van der Waals surface area contributed by atoms with Crippen molar-refractivity contribution in [1.29, 1.82) is 0 Å². The summed E-state index contributed by atoms with van der Waals surface area (Å²) in [5.41, 5.74) is 1.00. The van der Waals surface area contributed by atoms with Gasteiger partial charge in [0.1, 0.15) is 11.7 Å². The third-order valence-electron chi connectivity index (χ3n) is 5.76. The average molecular weight is 574 g/mol. The second-order valence-electron chi connectivity index (χ2n) is 9.84. The molecule has 5 heterocycles. The van der Waals surface area contributed by atoms with E-state index in [2.05, 4.69) is 35.9 Å². The standard InChI is InChI=1S/C24H25Cl2N9O4/c1-24(2,3)39-22(36)13-4-7-38-17(8-13)20-16(12-27-19-10-18(26)33-34(19)20)32-23(37)31-14-9-15(25)21(28-11-14)35-29-5-6-30-35/h5-6,9-13,17H,4,7-8H2,1-3H3,(H2,31,32,37). The lowest BCUT2D eigenvalue weighted by atomic mass is 9.93. The maximum absolute atomic E-state index is 13.0. The first-order valence-electron chi connectivity index (χ1n) is 12.1. The van der Waals surface area contributed by atoms with Gasteiger partial charge in [-0.25, -0.2) is 19.3 Å². The van der Waals surface area contributed by atoms with Crippen molar-refractivity contribution in [2.75, 3.05) is 17.2 Å². The summed E-state index contributed by atoms with van der Waals surface area (Å²) >= 11 is 12.5. The Morgan fingerprint density at radius 2 is 1.87 bits per heavy atom. The number of anilines is 2. The van der Waals surface area contributed by atoms with Gasteiger partial charge in [-0.2, -0.15) is 15.3 Å². The quantitative estimate of drug-likeness (QED) is 0.329. The predicted molar refractivity (Wildman–Crippen MR) is 142 cm³/mol. The van der Waals surface area contributed by atoms with Crippen LogP contribution >= 0.6 is 23.2 Å². The first-order valence-corrected chi connectivity index (χ1v) is 12.8. The predicted octanol–water partition coefficient (Wildman–Crippen LogP) is 4.47. The van der Waals surface area contributed by atoms with E-state index in [1.54, 1.807) is 6.07 Å². The van der Waals surface area contributed by atoms with Crippen molar-refractivity contribution < 1.29 is 19.1 Å². The lowest BCUT2D eigenvalue weighted by Gasteiger charge is -2.31. The fraction of sp³-hybridized carbons (Fsp3) is 0.375. The van der Waals surface area contributed by atoms with E-state index >= 15 is 0 Å². The van der Waals surface area contributed by atoms with Crippen LogP contribution in [0.5, 0.6) is 0 Å². The molecule has 4 aromatic heterocycles. The summed E-state index contributed by atoms with van der Waals surface area (Å²) in [6.07, 6.45) is 6.16. The Hall–Kier alpha value is -3.81. The second kappa shape index (κ2) is 10.8. The molecule has 5 rings (SSSR count). The molecular formula is C24H25Cl2N9O4. The third kappa shape index (κ3) is 6.10. The fourth-order valence-corrected chi connectivity index (χ4v) is 4.59. The number of hydrogen-bond acceptors (Lipinski definition) is 9. The summed E-state index contributed by atoms with van der Waals surface area (Å²) in [5.74, 6) is -0.381. The number of carbonyl (C=O) groups excluding carboxylic acids is 2. The Morgan fingerprint density at radius 3 is 2.59 bits per heavy atom. The molecule has 0 spiro atoms. The molecule has 1 aliphatic rings. The van der Waals surface area contributed by atoms with E-state index in [9.17, 15) is 9.59 Å². The molecule has 13 nitrogen and oxygen atoms in total. The number of halogens is 2. The van der Waals surface area contributed by atoms with Crippen LogP contribution in [0.25, 0.3) is 11.5 Å². The molecule has 2 atom stereocenters. The Morgan fingerprint density at radius 1 is 1.10 bits per heavy atom. The molecule has 2 amide bonds. The van der Waals surface area contributed by atoms with Crippen LogP contribution in [-0.4, -0.2) is 58.8 Å². The van der Waals surface area contributed by atoms with Crippen molar-refractivity contribution in [3.8, 4) is 5.82 Å². The molecule has 0 aliphatic carbocycles. The van der Waals surface area contributed by atoms with Crippen molar-refractivity contribution in [2.45, 2.75) is 45.3 Å². The number of amides is 2. The van der Waals surface area contributed by atoms with E-state index in [1.807, 2.05) is 20.8 Å². The van der Waals surface area contributed by atoms with Crippen LogP contribution < -0.4 is 10.6 Å². The maximum atomic E-state index is 13.0. The highest BCUT2D eigenvalue weighted by Crippen LogP contribution is 2.37. The van der Waals surface area contributed by atoms with Crippen molar-refractivity contribution in [1.82, 2.24) is 34.6 Å². The largest absolute Gasteiger partial charge is 0.460 e. The molecule has 15 heteroatoms. The Labute approximate surface area is 232 Å². The Bertz CT molecular complexity index is 1520. The summed E-state index contributed by atoms with van der Waals surface area (Å²) in [5, 5.41) is 18.3. The fourth-order valence-electron chi connectivity index (χ4n) is 4.17. The summed E-state index contributed by atoms with van der Waals surface area (Å²) in [6, 6.07) is 2.53. The molecular weight excluding hydrogens is 549 g/mol. The molecule has 4 aromatic rings. The number of urea groups is 1. The van der Waals surface area contributed by atoms with Gasteiger partial charge >= 0.3 is 12.0 Å². The van der Waals surface area contributed by atoms with E-state index < -0.39 is 23.7 Å². The molecule has 0 radical (unpaired) electrons. The SMILES string of the molecule is CC(C)(C)OC(=O)C1CCOC(c2c(NC(=O)Nc3cnc(-n4nccn4)c(Cl)c3)cnc3cc(Cl)nn23)C1. The molecule has 0 aromatic carbocycles.